The fourth-order valence-electron chi connectivity index (χ4n) is 2.55. The van der Waals surface area contributed by atoms with Crippen LogP contribution in [0.3, 0.4) is 0 Å². The minimum Gasteiger partial charge on any atom is -0.337 e. The maximum absolute atomic E-state index is 12.3. The number of nitrogens with one attached hydrogen (secondary N) is 1. The van der Waals surface area contributed by atoms with Crippen molar-refractivity contribution in [2.45, 2.75) is 52.7 Å². The molecule has 4 heteroatoms. The highest BCUT2D eigenvalue weighted by atomic mass is 16.2. The van der Waals surface area contributed by atoms with Crippen molar-refractivity contribution >= 4 is 5.91 Å². The van der Waals surface area contributed by atoms with Crippen LogP contribution in [0.2, 0.25) is 0 Å². The SMILES string of the molecule is CC(C)N(C(=O)CN1CCNC[C@@H]1C)C(C)C. The Hall–Kier alpha value is -0.610. The third-order valence-electron chi connectivity index (χ3n) is 3.38. The lowest BCUT2D eigenvalue weighted by Gasteiger charge is -2.37. The van der Waals surface area contributed by atoms with E-state index in [2.05, 4.69) is 44.8 Å². The number of rotatable bonds is 4. The maximum atomic E-state index is 12.3. The van der Waals surface area contributed by atoms with Gasteiger partial charge < -0.3 is 10.2 Å². The smallest absolute Gasteiger partial charge is 0.237 e. The Morgan fingerprint density at radius 2 is 1.94 bits per heavy atom. The molecule has 4 nitrogen and oxygen atoms in total. The van der Waals surface area contributed by atoms with E-state index >= 15 is 0 Å². The van der Waals surface area contributed by atoms with Gasteiger partial charge >= 0.3 is 0 Å². The molecule has 0 unspecified atom stereocenters. The Bertz CT molecular complexity index is 245. The molecule has 0 radical (unpaired) electrons. The van der Waals surface area contributed by atoms with E-state index in [1.165, 1.54) is 0 Å². The molecule has 1 N–H and O–H groups in total. The summed E-state index contributed by atoms with van der Waals surface area (Å²) in [4.78, 5) is 16.6. The van der Waals surface area contributed by atoms with E-state index in [1.54, 1.807) is 0 Å². The van der Waals surface area contributed by atoms with E-state index in [-0.39, 0.29) is 18.0 Å². The largest absolute Gasteiger partial charge is 0.337 e. The fourth-order valence-corrected chi connectivity index (χ4v) is 2.55. The summed E-state index contributed by atoms with van der Waals surface area (Å²) < 4.78 is 0. The summed E-state index contributed by atoms with van der Waals surface area (Å²) in [6.45, 7) is 14.0. The van der Waals surface area contributed by atoms with Gasteiger partial charge in [0.2, 0.25) is 5.91 Å². The van der Waals surface area contributed by atoms with Crippen LogP contribution in [0, 0.1) is 0 Å². The molecule has 100 valence electrons. The summed E-state index contributed by atoms with van der Waals surface area (Å²) in [6.07, 6.45) is 0. The van der Waals surface area contributed by atoms with Crippen LogP contribution in [0.5, 0.6) is 0 Å². The Kier molecular flexibility index (Phi) is 5.40. The van der Waals surface area contributed by atoms with Crippen molar-refractivity contribution in [3.8, 4) is 0 Å². The standard InChI is InChI=1S/C13H27N3O/c1-10(2)16(11(3)4)13(17)9-15-7-6-14-8-12(15)5/h10-12,14H,6-9H2,1-5H3/t12-/m0/s1. The van der Waals surface area contributed by atoms with E-state index in [0.29, 0.717) is 12.6 Å². The first-order valence-electron chi connectivity index (χ1n) is 6.69. The van der Waals surface area contributed by atoms with Crippen LogP contribution in [-0.2, 0) is 4.79 Å². The van der Waals surface area contributed by atoms with Crippen LogP contribution in [-0.4, -0.2) is 60.0 Å². The number of hydrogen-bond donors (Lipinski definition) is 1. The van der Waals surface area contributed by atoms with E-state index in [4.69, 9.17) is 0 Å². The average molecular weight is 241 g/mol. The first-order chi connectivity index (χ1) is 7.93. The van der Waals surface area contributed by atoms with Gasteiger partial charge in [0.25, 0.3) is 0 Å². The fraction of sp³-hybridized carbons (Fsp3) is 0.923. The Morgan fingerprint density at radius 1 is 1.35 bits per heavy atom. The molecule has 1 aliphatic rings. The van der Waals surface area contributed by atoms with Gasteiger partial charge in [-0.25, -0.2) is 0 Å². The van der Waals surface area contributed by atoms with Crippen LogP contribution < -0.4 is 5.32 Å². The summed E-state index contributed by atoms with van der Waals surface area (Å²) in [6, 6.07) is 1.01. The molecule has 0 aromatic carbocycles. The molecule has 1 rings (SSSR count). The van der Waals surface area contributed by atoms with Crippen molar-refractivity contribution < 1.29 is 4.79 Å². The number of amides is 1. The molecular weight excluding hydrogens is 214 g/mol. The van der Waals surface area contributed by atoms with Gasteiger partial charge in [0.15, 0.2) is 0 Å². The average Bonchev–Trinajstić information content (AvgIpc) is 2.20. The molecule has 1 aliphatic heterocycles. The molecule has 0 aliphatic carbocycles. The molecule has 0 spiro atoms. The second kappa shape index (κ2) is 6.36. The van der Waals surface area contributed by atoms with Gasteiger partial charge in [0, 0.05) is 37.8 Å². The minimum atomic E-state index is 0.253. The lowest BCUT2D eigenvalue weighted by atomic mass is 10.2. The number of piperazine rings is 1. The molecular formula is C13H27N3O. The van der Waals surface area contributed by atoms with E-state index < -0.39 is 0 Å². The third kappa shape index (κ3) is 3.96. The first kappa shape index (κ1) is 14.5. The lowest BCUT2D eigenvalue weighted by Crippen LogP contribution is -2.54. The second-order valence-corrected chi connectivity index (χ2v) is 5.51. The quantitative estimate of drug-likeness (QED) is 0.795. The van der Waals surface area contributed by atoms with Crippen molar-refractivity contribution in [2.24, 2.45) is 0 Å². The number of nitrogens with zero attached hydrogens (tertiary/aromatic N) is 2. The van der Waals surface area contributed by atoms with E-state index in [9.17, 15) is 4.79 Å². The predicted molar refractivity (Wildman–Crippen MR) is 71.0 cm³/mol. The normalized spacial score (nSPS) is 22.2. The van der Waals surface area contributed by atoms with Crippen molar-refractivity contribution in [1.29, 1.82) is 0 Å². The van der Waals surface area contributed by atoms with Crippen LogP contribution in [0.1, 0.15) is 34.6 Å². The van der Waals surface area contributed by atoms with Crippen LogP contribution in [0.15, 0.2) is 0 Å². The summed E-state index contributed by atoms with van der Waals surface area (Å²) in [5.41, 5.74) is 0. The highest BCUT2D eigenvalue weighted by molar-refractivity contribution is 5.78. The summed E-state index contributed by atoms with van der Waals surface area (Å²) in [7, 11) is 0. The molecule has 1 atom stereocenters. The van der Waals surface area contributed by atoms with Gasteiger partial charge in [0.05, 0.1) is 6.54 Å². The minimum absolute atomic E-state index is 0.253. The molecule has 0 aromatic heterocycles. The summed E-state index contributed by atoms with van der Waals surface area (Å²) in [5, 5.41) is 3.35. The summed E-state index contributed by atoms with van der Waals surface area (Å²) >= 11 is 0. The van der Waals surface area contributed by atoms with Crippen LogP contribution in [0.4, 0.5) is 0 Å². The second-order valence-electron chi connectivity index (χ2n) is 5.51. The molecule has 0 bridgehead atoms. The van der Waals surface area contributed by atoms with Gasteiger partial charge in [-0.2, -0.15) is 0 Å². The van der Waals surface area contributed by atoms with Crippen molar-refractivity contribution in [2.75, 3.05) is 26.2 Å². The molecule has 0 aromatic rings. The summed E-state index contributed by atoms with van der Waals surface area (Å²) in [5.74, 6) is 0.253. The maximum Gasteiger partial charge on any atom is 0.237 e. The highest BCUT2D eigenvalue weighted by Gasteiger charge is 2.25. The van der Waals surface area contributed by atoms with Crippen LogP contribution in [0.25, 0.3) is 0 Å². The number of hydrogen-bond acceptors (Lipinski definition) is 3. The van der Waals surface area contributed by atoms with Crippen LogP contribution >= 0.6 is 0 Å². The molecule has 1 heterocycles. The van der Waals surface area contributed by atoms with Gasteiger partial charge in [-0.15, -0.1) is 0 Å². The van der Waals surface area contributed by atoms with Gasteiger partial charge in [-0.1, -0.05) is 0 Å². The lowest BCUT2D eigenvalue weighted by molar-refractivity contribution is -0.136. The first-order valence-corrected chi connectivity index (χ1v) is 6.69. The third-order valence-corrected chi connectivity index (χ3v) is 3.38. The van der Waals surface area contributed by atoms with Crippen molar-refractivity contribution in [1.82, 2.24) is 15.1 Å². The molecule has 17 heavy (non-hydrogen) atoms. The van der Waals surface area contributed by atoms with Gasteiger partial charge in [-0.3, -0.25) is 9.69 Å². The van der Waals surface area contributed by atoms with E-state index in [1.807, 2.05) is 4.90 Å². The monoisotopic (exact) mass is 241 g/mol. The Labute approximate surface area is 105 Å². The zero-order valence-electron chi connectivity index (χ0n) is 11.9. The van der Waals surface area contributed by atoms with Gasteiger partial charge in [-0.05, 0) is 34.6 Å². The Morgan fingerprint density at radius 3 is 2.41 bits per heavy atom. The zero-order valence-corrected chi connectivity index (χ0v) is 11.9. The number of carbonyl (C=O) groups is 1. The highest BCUT2D eigenvalue weighted by Crippen LogP contribution is 2.09. The number of carbonyl (C=O) groups excluding carboxylic acids is 1. The molecule has 1 fully saturated rings. The molecule has 0 saturated carbocycles. The zero-order chi connectivity index (χ0) is 13.0. The topological polar surface area (TPSA) is 35.6 Å². The van der Waals surface area contributed by atoms with Gasteiger partial charge in [0.1, 0.15) is 0 Å². The van der Waals surface area contributed by atoms with Crippen molar-refractivity contribution in [3.05, 3.63) is 0 Å². The van der Waals surface area contributed by atoms with Crippen molar-refractivity contribution in [3.63, 3.8) is 0 Å². The predicted octanol–water partition coefficient (Wildman–Crippen LogP) is 0.926. The Balaban J connectivity index is 2.56. The molecule has 1 saturated heterocycles. The molecule has 1 amide bonds. The van der Waals surface area contributed by atoms with E-state index in [0.717, 1.165) is 19.6 Å².